The molecule has 5 heteroatoms. The van der Waals surface area contributed by atoms with E-state index in [0.717, 1.165) is 22.4 Å². The van der Waals surface area contributed by atoms with Gasteiger partial charge < -0.3 is 4.90 Å². The number of aromatic nitrogens is 2. The molecule has 2 heterocycles. The maximum absolute atomic E-state index is 13.1. The van der Waals surface area contributed by atoms with Gasteiger partial charge in [0.2, 0.25) is 0 Å². The van der Waals surface area contributed by atoms with Crippen LogP contribution in [0.4, 0.5) is 0 Å². The highest BCUT2D eigenvalue weighted by atomic mass is 16.2. The van der Waals surface area contributed by atoms with Crippen LogP contribution in [0.2, 0.25) is 0 Å². The molecule has 0 atom stereocenters. The van der Waals surface area contributed by atoms with Crippen molar-refractivity contribution in [2.75, 3.05) is 13.1 Å². The average Bonchev–Trinajstić information content (AvgIpc) is 3.50. The number of amides is 1. The monoisotopic (exact) mass is 396 g/mol. The first-order chi connectivity index (χ1) is 14.5. The second-order valence-corrected chi connectivity index (χ2v) is 8.55. The van der Waals surface area contributed by atoms with Crippen molar-refractivity contribution < 1.29 is 4.79 Å². The zero-order chi connectivity index (χ0) is 20.8. The van der Waals surface area contributed by atoms with E-state index in [1.54, 1.807) is 0 Å². The molecule has 2 aromatic carbocycles. The molecule has 1 aliphatic carbocycles. The van der Waals surface area contributed by atoms with Gasteiger partial charge in [-0.1, -0.05) is 18.2 Å². The van der Waals surface area contributed by atoms with Crippen LogP contribution < -0.4 is 0 Å². The molecule has 1 amide bonds. The molecule has 0 spiro atoms. The van der Waals surface area contributed by atoms with Gasteiger partial charge in [0.15, 0.2) is 0 Å². The Morgan fingerprint density at radius 3 is 2.50 bits per heavy atom. The van der Waals surface area contributed by atoms with Crippen molar-refractivity contribution in [3.05, 3.63) is 76.0 Å². The maximum atomic E-state index is 13.1. The Kier molecular flexibility index (Phi) is 4.43. The van der Waals surface area contributed by atoms with Gasteiger partial charge in [0.05, 0.1) is 23.0 Å². The molecule has 5 nitrogen and oxygen atoms in total. The molecule has 0 unspecified atom stereocenters. The van der Waals surface area contributed by atoms with Crippen LogP contribution in [0.1, 0.15) is 63.0 Å². The number of likely N-dealkylation sites (tertiary alicyclic amines) is 1. The summed E-state index contributed by atoms with van der Waals surface area (Å²) >= 11 is 0. The predicted octanol–water partition coefficient (Wildman–Crippen LogP) is 4.68. The van der Waals surface area contributed by atoms with E-state index in [2.05, 4.69) is 30.1 Å². The van der Waals surface area contributed by atoms with E-state index in [0.29, 0.717) is 30.5 Å². The van der Waals surface area contributed by atoms with Crippen LogP contribution in [0, 0.1) is 25.2 Å². The van der Waals surface area contributed by atoms with Crippen molar-refractivity contribution in [3.63, 3.8) is 0 Å². The minimum absolute atomic E-state index is 0.0701. The first-order valence-corrected chi connectivity index (χ1v) is 10.5. The summed E-state index contributed by atoms with van der Waals surface area (Å²) < 4.78 is 0. The molecule has 0 radical (unpaired) electrons. The summed E-state index contributed by atoms with van der Waals surface area (Å²) in [6.45, 7) is 5.62. The number of hydrogen-bond donors (Lipinski definition) is 1. The SMILES string of the molecule is Cc1ccc(C(=O)N2CC(c3ccc(C#N)cc3)C2)cc1-c1[nH]nc(C2CC2)c1C. The highest BCUT2D eigenvalue weighted by molar-refractivity contribution is 5.96. The van der Waals surface area contributed by atoms with Crippen LogP contribution in [-0.2, 0) is 0 Å². The minimum atomic E-state index is 0.0701. The number of aromatic amines is 1. The lowest BCUT2D eigenvalue weighted by Crippen LogP contribution is -2.48. The van der Waals surface area contributed by atoms with Crippen LogP contribution in [0.25, 0.3) is 11.3 Å². The van der Waals surface area contributed by atoms with Crippen molar-refractivity contribution in [1.29, 1.82) is 5.26 Å². The number of nitrogens with zero attached hydrogens (tertiary/aromatic N) is 3. The molecule has 2 aliphatic rings. The van der Waals surface area contributed by atoms with E-state index >= 15 is 0 Å². The fraction of sp³-hybridized carbons (Fsp3) is 0.320. The summed E-state index contributed by atoms with van der Waals surface area (Å²) in [4.78, 5) is 15.0. The Hall–Kier alpha value is -3.39. The largest absolute Gasteiger partial charge is 0.337 e. The molecule has 0 bridgehead atoms. The molecule has 1 saturated carbocycles. The lowest BCUT2D eigenvalue weighted by atomic mass is 9.90. The number of benzene rings is 2. The van der Waals surface area contributed by atoms with Gasteiger partial charge in [-0.3, -0.25) is 9.89 Å². The second-order valence-electron chi connectivity index (χ2n) is 8.55. The first-order valence-electron chi connectivity index (χ1n) is 10.5. The van der Waals surface area contributed by atoms with Crippen molar-refractivity contribution in [1.82, 2.24) is 15.1 Å². The van der Waals surface area contributed by atoms with Gasteiger partial charge in [-0.2, -0.15) is 10.4 Å². The van der Waals surface area contributed by atoms with Crippen molar-refractivity contribution >= 4 is 5.91 Å². The quantitative estimate of drug-likeness (QED) is 0.696. The molecule has 2 fully saturated rings. The summed E-state index contributed by atoms with van der Waals surface area (Å²) in [6, 6.07) is 15.8. The Morgan fingerprint density at radius 1 is 1.10 bits per heavy atom. The Bertz CT molecular complexity index is 1160. The lowest BCUT2D eigenvalue weighted by molar-refractivity contribution is 0.0602. The third-order valence-electron chi connectivity index (χ3n) is 6.45. The number of hydrogen-bond acceptors (Lipinski definition) is 3. The van der Waals surface area contributed by atoms with Crippen LogP contribution in [0.3, 0.4) is 0 Å². The van der Waals surface area contributed by atoms with Gasteiger partial charge in [-0.15, -0.1) is 0 Å². The zero-order valence-corrected chi connectivity index (χ0v) is 17.3. The molecule has 1 aliphatic heterocycles. The summed E-state index contributed by atoms with van der Waals surface area (Å²) in [6.07, 6.45) is 2.44. The number of carbonyl (C=O) groups is 1. The van der Waals surface area contributed by atoms with Crippen LogP contribution in [-0.4, -0.2) is 34.1 Å². The molecule has 1 saturated heterocycles. The number of aryl methyl sites for hydroxylation is 1. The normalized spacial score (nSPS) is 16.2. The fourth-order valence-corrected chi connectivity index (χ4v) is 4.32. The van der Waals surface area contributed by atoms with Gasteiger partial charge in [-0.05, 0) is 67.6 Å². The molecular formula is C25H24N4O. The maximum Gasteiger partial charge on any atom is 0.253 e. The molecule has 3 aromatic rings. The molecule has 1 aromatic heterocycles. The molecule has 1 N–H and O–H groups in total. The number of H-pyrrole nitrogens is 1. The van der Waals surface area contributed by atoms with Gasteiger partial charge in [-0.25, -0.2) is 0 Å². The smallest absolute Gasteiger partial charge is 0.253 e. The lowest BCUT2D eigenvalue weighted by Gasteiger charge is -2.39. The average molecular weight is 396 g/mol. The Balaban J connectivity index is 1.33. The van der Waals surface area contributed by atoms with Gasteiger partial charge in [0, 0.05) is 36.1 Å². The summed E-state index contributed by atoms with van der Waals surface area (Å²) in [7, 11) is 0. The molecule has 150 valence electrons. The number of nitrogens with one attached hydrogen (secondary N) is 1. The highest BCUT2D eigenvalue weighted by Crippen LogP contribution is 2.42. The highest BCUT2D eigenvalue weighted by Gasteiger charge is 2.33. The van der Waals surface area contributed by atoms with E-state index in [1.807, 2.05) is 47.4 Å². The topological polar surface area (TPSA) is 72.8 Å². The summed E-state index contributed by atoms with van der Waals surface area (Å²) in [5.74, 6) is 1.00. The van der Waals surface area contributed by atoms with Gasteiger partial charge in [0.1, 0.15) is 0 Å². The minimum Gasteiger partial charge on any atom is -0.337 e. The van der Waals surface area contributed by atoms with E-state index < -0.39 is 0 Å². The van der Waals surface area contributed by atoms with Crippen molar-refractivity contribution in [3.8, 4) is 17.3 Å². The Morgan fingerprint density at radius 2 is 1.83 bits per heavy atom. The number of rotatable bonds is 4. The third kappa shape index (κ3) is 3.19. The fourth-order valence-electron chi connectivity index (χ4n) is 4.32. The molecule has 30 heavy (non-hydrogen) atoms. The van der Waals surface area contributed by atoms with Crippen molar-refractivity contribution in [2.24, 2.45) is 0 Å². The van der Waals surface area contributed by atoms with Crippen LogP contribution in [0.15, 0.2) is 42.5 Å². The number of nitriles is 1. The van der Waals surface area contributed by atoms with E-state index in [1.165, 1.54) is 29.7 Å². The summed E-state index contributed by atoms with van der Waals surface area (Å²) in [5.41, 5.74) is 8.17. The summed E-state index contributed by atoms with van der Waals surface area (Å²) in [5, 5.41) is 16.7. The number of carbonyl (C=O) groups excluding carboxylic acids is 1. The van der Waals surface area contributed by atoms with Crippen molar-refractivity contribution in [2.45, 2.75) is 38.5 Å². The van der Waals surface area contributed by atoms with E-state index in [4.69, 9.17) is 5.26 Å². The molecular weight excluding hydrogens is 372 g/mol. The molecule has 5 rings (SSSR count). The second kappa shape index (κ2) is 7.14. The van der Waals surface area contributed by atoms with Crippen LogP contribution in [0.5, 0.6) is 0 Å². The first kappa shape index (κ1) is 18.6. The van der Waals surface area contributed by atoms with Gasteiger partial charge >= 0.3 is 0 Å². The Labute approximate surface area is 176 Å². The van der Waals surface area contributed by atoms with E-state index in [9.17, 15) is 4.79 Å². The third-order valence-corrected chi connectivity index (χ3v) is 6.45. The van der Waals surface area contributed by atoms with E-state index in [-0.39, 0.29) is 5.91 Å². The van der Waals surface area contributed by atoms with Gasteiger partial charge in [0.25, 0.3) is 5.91 Å². The standard InChI is InChI=1S/C25H24N4O/c1-15-3-6-20(11-22(15)24-16(2)23(27-28-24)19-9-10-19)25(30)29-13-21(14-29)18-7-4-17(12-26)5-8-18/h3-8,11,19,21H,9-10,13-14H2,1-2H3,(H,27,28). The zero-order valence-electron chi connectivity index (χ0n) is 17.3. The van der Waals surface area contributed by atoms with Crippen LogP contribution >= 0.6 is 0 Å². The predicted molar refractivity (Wildman–Crippen MR) is 115 cm³/mol.